The normalized spacial score (nSPS) is 18.7. The maximum Gasteiger partial charge on any atom is 0.416 e. The number of rotatable bonds is 9. The second-order valence-electron chi connectivity index (χ2n) is 10.5. The molecule has 3 aromatic carbocycles. The number of halogens is 2. The van der Waals surface area contributed by atoms with E-state index in [1.165, 1.54) is 0 Å². The van der Waals surface area contributed by atoms with Crippen LogP contribution in [-0.4, -0.2) is 60.6 Å². The molecule has 2 aliphatic rings. The summed E-state index contributed by atoms with van der Waals surface area (Å²) in [6.45, 7) is 0.322. The topological polar surface area (TPSA) is 125 Å². The summed E-state index contributed by atoms with van der Waals surface area (Å²) in [5.74, 6) is 0.905. The first-order valence-electron chi connectivity index (χ1n) is 13.6. The maximum absolute atomic E-state index is 13.5. The zero-order chi connectivity index (χ0) is 29.4. The highest BCUT2D eigenvalue weighted by molar-refractivity contribution is 7.90. The van der Waals surface area contributed by atoms with Crippen molar-refractivity contribution in [1.29, 1.82) is 0 Å². The van der Waals surface area contributed by atoms with Crippen molar-refractivity contribution in [2.24, 2.45) is 0 Å². The lowest BCUT2D eigenvalue weighted by molar-refractivity contribution is 0.111. The smallest absolute Gasteiger partial charge is 0.416 e. The van der Waals surface area contributed by atoms with Crippen molar-refractivity contribution >= 4 is 50.2 Å². The van der Waals surface area contributed by atoms with Crippen LogP contribution in [0.3, 0.4) is 0 Å². The van der Waals surface area contributed by atoms with Gasteiger partial charge in [0.1, 0.15) is 35.5 Å². The molecule has 1 aromatic heterocycles. The van der Waals surface area contributed by atoms with Gasteiger partial charge in [0.15, 0.2) is 0 Å². The molecule has 12 heteroatoms. The lowest BCUT2D eigenvalue weighted by Crippen LogP contribution is -2.42. The molecule has 0 spiro atoms. The monoisotopic (exact) mass is 630 g/mol. The molecule has 3 unspecified atom stereocenters. The average Bonchev–Trinajstić information content (AvgIpc) is 3.79. The fourth-order valence-electron chi connectivity index (χ4n) is 5.18. The van der Waals surface area contributed by atoms with E-state index in [-0.39, 0.29) is 18.4 Å². The fourth-order valence-corrected chi connectivity index (χ4v) is 6.92. The van der Waals surface area contributed by atoms with E-state index in [2.05, 4.69) is 9.71 Å². The lowest BCUT2D eigenvalue weighted by Gasteiger charge is -2.35. The van der Waals surface area contributed by atoms with Gasteiger partial charge in [-0.3, -0.25) is 4.90 Å². The third-order valence-corrected chi connectivity index (χ3v) is 9.92. The van der Waals surface area contributed by atoms with Gasteiger partial charge in [0.05, 0.1) is 0 Å². The summed E-state index contributed by atoms with van der Waals surface area (Å²) in [4.78, 5) is 18.7. The molecule has 1 amide bonds. The van der Waals surface area contributed by atoms with Gasteiger partial charge in [-0.15, -0.1) is 0 Å². The SMILES string of the molecule is O=C(Oc1ccc(Cl)cc1)N1CCc2c([nH]c3ccc(Cl)cc23)C1c1ccc(OCC(O)CNS(=O)(=[OH+])C2CC2)cc1. The molecule has 4 aromatic rings. The zero-order valence-corrected chi connectivity index (χ0v) is 24.8. The summed E-state index contributed by atoms with van der Waals surface area (Å²) in [6, 6.07) is 19.1. The highest BCUT2D eigenvalue weighted by atomic mass is 35.5. The molecule has 42 heavy (non-hydrogen) atoms. The fraction of sp³-hybridized carbons (Fsp3) is 0.300. The zero-order valence-electron chi connectivity index (χ0n) is 22.5. The molecule has 0 radical (unpaired) electrons. The van der Waals surface area contributed by atoms with E-state index in [1.54, 1.807) is 41.3 Å². The van der Waals surface area contributed by atoms with Gasteiger partial charge in [-0.25, -0.2) is 9.00 Å². The average molecular weight is 632 g/mol. The largest absolute Gasteiger partial charge is 0.491 e. The highest BCUT2D eigenvalue weighted by Crippen LogP contribution is 2.40. The molecule has 6 rings (SSSR count). The van der Waals surface area contributed by atoms with Crippen molar-refractivity contribution in [3.05, 3.63) is 93.6 Å². The minimum absolute atomic E-state index is 0.0517. The Labute approximate surface area is 253 Å². The number of carbonyl (C=O) groups excluding carboxylic acids is 1. The van der Waals surface area contributed by atoms with Crippen molar-refractivity contribution in [1.82, 2.24) is 14.6 Å². The van der Waals surface area contributed by atoms with E-state index in [4.69, 9.17) is 32.7 Å². The Bertz CT molecular complexity index is 1710. The predicted molar refractivity (Wildman–Crippen MR) is 162 cm³/mol. The van der Waals surface area contributed by atoms with Crippen LogP contribution in [0.15, 0.2) is 66.7 Å². The summed E-state index contributed by atoms with van der Waals surface area (Å²) < 4.78 is 36.1. The van der Waals surface area contributed by atoms with Crippen LogP contribution in [0.5, 0.6) is 11.5 Å². The van der Waals surface area contributed by atoms with E-state index in [9.17, 15) is 18.3 Å². The van der Waals surface area contributed by atoms with Crippen LogP contribution in [0.25, 0.3) is 10.9 Å². The van der Waals surface area contributed by atoms with Crippen molar-refractivity contribution < 1.29 is 27.8 Å². The lowest BCUT2D eigenvalue weighted by atomic mass is 9.92. The molecule has 0 bridgehead atoms. The quantitative estimate of drug-likeness (QED) is 0.208. The van der Waals surface area contributed by atoms with Crippen molar-refractivity contribution in [3.63, 3.8) is 0 Å². The summed E-state index contributed by atoms with van der Waals surface area (Å²) in [7, 11) is -3.13. The number of nitrogens with zero attached hydrogens (tertiary/aromatic N) is 1. The molecular formula is C30H30Cl2N3O6S+. The van der Waals surface area contributed by atoms with E-state index in [0.717, 1.165) is 27.7 Å². The second kappa shape index (κ2) is 11.8. The van der Waals surface area contributed by atoms with Crippen molar-refractivity contribution in [2.75, 3.05) is 19.7 Å². The van der Waals surface area contributed by atoms with E-state index < -0.39 is 28.3 Å². The number of hydrogen-bond donors (Lipinski definition) is 3. The second-order valence-corrected chi connectivity index (χ2v) is 13.5. The number of ether oxygens (including phenoxy) is 2. The Morgan fingerprint density at radius 2 is 1.76 bits per heavy atom. The van der Waals surface area contributed by atoms with E-state index in [1.807, 2.05) is 30.3 Å². The number of H-pyrrole nitrogens is 1. The van der Waals surface area contributed by atoms with Gasteiger partial charge in [0.25, 0.3) is 0 Å². The number of hydrogen-bond acceptors (Lipinski definition) is 5. The van der Waals surface area contributed by atoms with Crippen LogP contribution in [0.4, 0.5) is 4.79 Å². The summed E-state index contributed by atoms with van der Waals surface area (Å²) in [5.41, 5.74) is 3.74. The third kappa shape index (κ3) is 6.23. The molecule has 220 valence electrons. The number of aromatic amines is 1. The minimum Gasteiger partial charge on any atom is -0.491 e. The van der Waals surface area contributed by atoms with E-state index >= 15 is 0 Å². The molecule has 2 heterocycles. The molecule has 4 N–H and O–H groups in total. The highest BCUT2D eigenvalue weighted by Gasteiger charge is 2.40. The van der Waals surface area contributed by atoms with Crippen LogP contribution in [0, 0.1) is 0 Å². The number of aliphatic hydroxyl groups excluding tert-OH is 1. The molecule has 1 fully saturated rings. The van der Waals surface area contributed by atoms with Gasteiger partial charge in [0.2, 0.25) is 0 Å². The molecule has 9 nitrogen and oxygen atoms in total. The van der Waals surface area contributed by atoms with Gasteiger partial charge in [-0.05, 0) is 85.0 Å². The Balaban J connectivity index is 1.22. The predicted octanol–water partition coefficient (Wildman–Crippen LogP) is 5.60. The van der Waals surface area contributed by atoms with Gasteiger partial charge < -0.3 is 19.6 Å². The first-order chi connectivity index (χ1) is 20.2. The molecule has 3 atom stereocenters. The standard InChI is InChI=1S/C30H29Cl2N3O6S/c31-19-3-8-23(9-4-19)41-30(37)35-14-13-25-26-15-20(32)5-12-27(26)34-28(25)29(35)18-1-6-22(7-2-18)40-17-21(36)16-33-42(38,39)24-10-11-24/h1-9,12,15,21,24,29,34,36H,10-11,13-14,16-17H2,(H,33,38,39)/p+1. The Hall–Kier alpha value is -3.28. The summed E-state index contributed by atoms with van der Waals surface area (Å²) >= 11 is 12.3. The van der Waals surface area contributed by atoms with Crippen LogP contribution in [0.1, 0.15) is 35.7 Å². The van der Waals surface area contributed by atoms with Gasteiger partial charge in [0, 0.05) is 39.7 Å². The maximum atomic E-state index is 13.5. The molecular weight excluding hydrogens is 601 g/mol. The summed E-state index contributed by atoms with van der Waals surface area (Å²) in [5, 5.41) is 12.2. The first kappa shape index (κ1) is 28.8. The van der Waals surface area contributed by atoms with Crippen molar-refractivity contribution in [2.45, 2.75) is 36.7 Å². The molecule has 1 saturated carbocycles. The Morgan fingerprint density at radius 1 is 1.07 bits per heavy atom. The van der Waals surface area contributed by atoms with Crippen LogP contribution in [-0.2, 0) is 16.4 Å². The first-order valence-corrected chi connectivity index (χ1v) is 16.0. The molecule has 0 saturated heterocycles. The van der Waals surface area contributed by atoms with Gasteiger partial charge in [-0.2, -0.15) is 8.93 Å². The van der Waals surface area contributed by atoms with Crippen LogP contribution < -0.4 is 14.2 Å². The number of aliphatic hydroxyl groups is 1. The van der Waals surface area contributed by atoms with Crippen LogP contribution in [0.2, 0.25) is 10.0 Å². The van der Waals surface area contributed by atoms with Gasteiger partial charge >= 0.3 is 16.1 Å². The molecule has 1 aliphatic carbocycles. The summed E-state index contributed by atoms with van der Waals surface area (Å²) in [6.07, 6.45) is 0.593. The number of benzene rings is 3. The number of fused-ring (bicyclic) bond motifs is 3. The molecule has 1 aliphatic heterocycles. The van der Waals surface area contributed by atoms with E-state index in [0.29, 0.717) is 47.4 Å². The number of aromatic nitrogens is 1. The minimum atomic E-state index is -3.13. The number of carbonyl (C=O) groups is 1. The number of amides is 1. The van der Waals surface area contributed by atoms with Crippen LogP contribution >= 0.6 is 23.2 Å². The third-order valence-electron chi connectivity index (χ3n) is 7.48. The Kier molecular flexibility index (Phi) is 8.08. The Morgan fingerprint density at radius 3 is 2.48 bits per heavy atom. The van der Waals surface area contributed by atoms with Gasteiger partial charge in [-0.1, -0.05) is 35.3 Å². The number of nitrogens with one attached hydrogen (secondary N) is 2. The van der Waals surface area contributed by atoms with Crippen molar-refractivity contribution in [3.8, 4) is 11.5 Å².